The molecule has 4 rings (SSSR count). The van der Waals surface area contributed by atoms with Gasteiger partial charge in [0.05, 0.1) is 20.3 Å². The Morgan fingerprint density at radius 2 is 1.87 bits per heavy atom. The molecular formula is C20H20N2O8. The number of benzene rings is 2. The van der Waals surface area contributed by atoms with Gasteiger partial charge in [-0.3, -0.25) is 5.32 Å². The first-order chi connectivity index (χ1) is 14.6. The molecular weight excluding hydrogens is 396 g/mol. The molecule has 0 radical (unpaired) electrons. The highest BCUT2D eigenvalue weighted by atomic mass is 16.7. The molecule has 10 nitrogen and oxygen atoms in total. The number of alkyl carbamates (subject to hydrolysis) is 1. The van der Waals surface area contributed by atoms with E-state index >= 15 is 0 Å². The molecule has 2 amide bonds. The average molecular weight is 416 g/mol. The van der Waals surface area contributed by atoms with Gasteiger partial charge in [0.15, 0.2) is 11.5 Å². The van der Waals surface area contributed by atoms with E-state index in [0.717, 1.165) is 5.56 Å². The summed E-state index contributed by atoms with van der Waals surface area (Å²) in [5.74, 6) is 2.27. The average Bonchev–Trinajstić information content (AvgIpc) is 3.38. The first-order valence-electron chi connectivity index (χ1n) is 9.09. The molecule has 2 aromatic carbocycles. The number of carbonyl (C=O) groups is 2. The predicted octanol–water partition coefficient (Wildman–Crippen LogP) is 2.96. The minimum absolute atomic E-state index is 0.0886. The molecule has 0 saturated heterocycles. The van der Waals surface area contributed by atoms with Gasteiger partial charge in [-0.05, 0) is 18.2 Å². The highest BCUT2D eigenvalue weighted by Crippen LogP contribution is 2.40. The van der Waals surface area contributed by atoms with E-state index in [1.165, 1.54) is 14.2 Å². The van der Waals surface area contributed by atoms with Gasteiger partial charge >= 0.3 is 12.2 Å². The van der Waals surface area contributed by atoms with Gasteiger partial charge < -0.3 is 33.7 Å². The van der Waals surface area contributed by atoms with Crippen molar-refractivity contribution in [3.8, 4) is 23.0 Å². The lowest BCUT2D eigenvalue weighted by Gasteiger charge is -2.13. The fourth-order valence-electron chi connectivity index (χ4n) is 3.19. The number of anilines is 1. The first-order valence-corrected chi connectivity index (χ1v) is 9.09. The minimum Gasteiger partial charge on any atom is -0.491 e. The topological polar surface area (TPSA) is 114 Å². The van der Waals surface area contributed by atoms with Crippen LogP contribution in [0.5, 0.6) is 23.0 Å². The summed E-state index contributed by atoms with van der Waals surface area (Å²) in [7, 11) is 2.59. The Hall–Kier alpha value is -3.82. The second kappa shape index (κ2) is 8.27. The van der Waals surface area contributed by atoms with Crippen LogP contribution in [0.4, 0.5) is 15.3 Å². The summed E-state index contributed by atoms with van der Waals surface area (Å²) in [6.45, 7) is 0.574. The van der Waals surface area contributed by atoms with Crippen LogP contribution in [0.3, 0.4) is 0 Å². The van der Waals surface area contributed by atoms with Crippen LogP contribution in [0.2, 0.25) is 0 Å². The van der Waals surface area contributed by atoms with Gasteiger partial charge in [-0.2, -0.15) is 0 Å². The summed E-state index contributed by atoms with van der Waals surface area (Å²) in [6, 6.07) is 8.47. The van der Waals surface area contributed by atoms with Crippen LogP contribution >= 0.6 is 0 Å². The van der Waals surface area contributed by atoms with Crippen LogP contribution < -0.4 is 29.6 Å². The van der Waals surface area contributed by atoms with E-state index in [1.54, 1.807) is 24.3 Å². The molecule has 30 heavy (non-hydrogen) atoms. The van der Waals surface area contributed by atoms with Crippen molar-refractivity contribution in [3.05, 3.63) is 41.5 Å². The fraction of sp³-hybridized carbons (Fsp3) is 0.300. The van der Waals surface area contributed by atoms with Gasteiger partial charge in [0, 0.05) is 28.9 Å². The Labute approximate surface area is 172 Å². The number of ether oxygens (including phenoxy) is 6. The van der Waals surface area contributed by atoms with Crippen LogP contribution in [0.15, 0.2) is 30.3 Å². The highest BCUT2D eigenvalue weighted by Gasteiger charge is 2.26. The third-order valence-electron chi connectivity index (χ3n) is 4.62. The number of methoxy groups -OCH3 is 2. The Bertz CT molecular complexity index is 978. The largest absolute Gasteiger partial charge is 0.491 e. The van der Waals surface area contributed by atoms with E-state index in [-0.39, 0.29) is 19.4 Å². The smallest absolute Gasteiger partial charge is 0.411 e. The number of nitrogens with one attached hydrogen (secondary N) is 2. The molecule has 0 aromatic heterocycles. The monoisotopic (exact) mass is 416 g/mol. The van der Waals surface area contributed by atoms with Gasteiger partial charge in [0.2, 0.25) is 6.79 Å². The zero-order chi connectivity index (χ0) is 21.1. The second-order valence-electron chi connectivity index (χ2n) is 6.47. The summed E-state index contributed by atoms with van der Waals surface area (Å²) < 4.78 is 31.7. The van der Waals surface area contributed by atoms with E-state index in [1.807, 2.05) is 6.07 Å². The molecule has 2 aliphatic heterocycles. The number of hydrogen-bond acceptors (Lipinski definition) is 8. The zero-order valence-electron chi connectivity index (χ0n) is 16.4. The minimum atomic E-state index is -0.591. The fourth-order valence-corrected chi connectivity index (χ4v) is 3.19. The molecule has 10 heteroatoms. The van der Waals surface area contributed by atoms with E-state index in [4.69, 9.17) is 18.9 Å². The molecule has 2 heterocycles. The Morgan fingerprint density at radius 1 is 1.03 bits per heavy atom. The molecule has 2 N–H and O–H groups in total. The first kappa shape index (κ1) is 19.5. The quantitative estimate of drug-likeness (QED) is 0.765. The van der Waals surface area contributed by atoms with Crippen molar-refractivity contribution in [2.75, 3.05) is 32.9 Å². The maximum absolute atomic E-state index is 11.5. The molecule has 0 saturated carbocycles. The van der Waals surface area contributed by atoms with Gasteiger partial charge in [0.1, 0.15) is 24.7 Å². The number of carbonyl (C=O) groups excluding carboxylic acids is 2. The van der Waals surface area contributed by atoms with Crippen molar-refractivity contribution in [3.63, 3.8) is 0 Å². The van der Waals surface area contributed by atoms with Crippen LogP contribution in [0, 0.1) is 0 Å². The second-order valence-corrected chi connectivity index (χ2v) is 6.47. The number of rotatable bonds is 5. The molecule has 1 unspecified atom stereocenters. The summed E-state index contributed by atoms with van der Waals surface area (Å²) >= 11 is 0. The van der Waals surface area contributed by atoms with Crippen molar-refractivity contribution in [2.45, 2.75) is 12.6 Å². The third-order valence-corrected chi connectivity index (χ3v) is 4.62. The Balaban J connectivity index is 1.48. The molecule has 2 aliphatic rings. The standard InChI is InChI=1S/C20H20N2O8/c1-25-19(23)21-12-5-11(18-17(6-12)29-10-30-18)8-27-13-3-4-14-15(22-20(24)26-2)9-28-16(14)7-13/h3-7,15H,8-10H2,1-2H3,(H,21,23)(H,22,24). The number of fused-ring (bicyclic) bond motifs is 2. The van der Waals surface area contributed by atoms with Gasteiger partial charge in [-0.1, -0.05) is 0 Å². The lowest BCUT2D eigenvalue weighted by molar-refractivity contribution is 0.163. The van der Waals surface area contributed by atoms with Gasteiger partial charge in [-0.15, -0.1) is 0 Å². The van der Waals surface area contributed by atoms with Crippen molar-refractivity contribution < 1.29 is 38.0 Å². The van der Waals surface area contributed by atoms with Crippen molar-refractivity contribution in [1.29, 1.82) is 0 Å². The Morgan fingerprint density at radius 3 is 2.67 bits per heavy atom. The molecule has 0 spiro atoms. The van der Waals surface area contributed by atoms with Crippen molar-refractivity contribution >= 4 is 17.9 Å². The van der Waals surface area contributed by atoms with Crippen LogP contribution in [-0.4, -0.2) is 39.8 Å². The molecule has 0 aliphatic carbocycles. The maximum atomic E-state index is 11.5. The summed E-state index contributed by atoms with van der Waals surface area (Å²) in [4.78, 5) is 22.9. The van der Waals surface area contributed by atoms with E-state index in [2.05, 4.69) is 20.1 Å². The summed E-state index contributed by atoms with van der Waals surface area (Å²) in [5, 5.41) is 5.32. The number of hydrogen-bond donors (Lipinski definition) is 2. The highest BCUT2D eigenvalue weighted by molar-refractivity contribution is 5.85. The molecule has 158 valence electrons. The lowest BCUT2D eigenvalue weighted by Crippen LogP contribution is -2.29. The number of amides is 2. The summed E-state index contributed by atoms with van der Waals surface area (Å²) in [5.41, 5.74) is 2.04. The zero-order valence-corrected chi connectivity index (χ0v) is 16.4. The molecule has 0 bridgehead atoms. The van der Waals surface area contributed by atoms with Crippen LogP contribution in [0.1, 0.15) is 17.2 Å². The van der Waals surface area contributed by atoms with Crippen LogP contribution in [-0.2, 0) is 16.1 Å². The van der Waals surface area contributed by atoms with E-state index < -0.39 is 12.2 Å². The van der Waals surface area contributed by atoms with E-state index in [0.29, 0.717) is 40.9 Å². The van der Waals surface area contributed by atoms with Gasteiger partial charge in [0.25, 0.3) is 0 Å². The predicted molar refractivity (Wildman–Crippen MR) is 103 cm³/mol. The molecule has 0 fully saturated rings. The molecule has 1 atom stereocenters. The lowest BCUT2D eigenvalue weighted by atomic mass is 10.1. The Kier molecular flexibility index (Phi) is 5.38. The van der Waals surface area contributed by atoms with Gasteiger partial charge in [-0.25, -0.2) is 9.59 Å². The van der Waals surface area contributed by atoms with Crippen molar-refractivity contribution in [2.24, 2.45) is 0 Å². The molecule has 2 aromatic rings. The maximum Gasteiger partial charge on any atom is 0.411 e. The normalized spacial score (nSPS) is 15.6. The van der Waals surface area contributed by atoms with Crippen molar-refractivity contribution in [1.82, 2.24) is 5.32 Å². The summed E-state index contributed by atoms with van der Waals surface area (Å²) in [6.07, 6.45) is -1.11. The third kappa shape index (κ3) is 3.97. The SMILES string of the molecule is COC(=O)Nc1cc(COc2ccc3c(c2)OCC3NC(=O)OC)c2c(c1)OCO2. The van der Waals surface area contributed by atoms with Crippen LogP contribution in [0.25, 0.3) is 0 Å². The van der Waals surface area contributed by atoms with E-state index in [9.17, 15) is 9.59 Å².